The molecule has 0 aliphatic carbocycles. The van der Waals surface area contributed by atoms with Gasteiger partial charge in [-0.2, -0.15) is 0 Å². The van der Waals surface area contributed by atoms with Gasteiger partial charge in [-0.1, -0.05) is 172 Å². The van der Waals surface area contributed by atoms with Crippen LogP contribution in [0.2, 0.25) is 0 Å². The van der Waals surface area contributed by atoms with E-state index in [1.165, 1.54) is 122 Å². The summed E-state index contributed by atoms with van der Waals surface area (Å²) in [4.78, 5) is 13.0. The molecular weight excluding hydrogens is 799 g/mol. The highest BCUT2D eigenvalue weighted by molar-refractivity contribution is 5.80. The van der Waals surface area contributed by atoms with Gasteiger partial charge in [-0.15, -0.1) is 0 Å². The van der Waals surface area contributed by atoms with Crippen molar-refractivity contribution in [3.63, 3.8) is 0 Å². The van der Waals surface area contributed by atoms with Crippen LogP contribution >= 0.6 is 0 Å². The lowest BCUT2D eigenvalue weighted by Crippen LogP contribution is -2.60. The van der Waals surface area contributed by atoms with E-state index >= 15 is 0 Å². The molecular formula is C52H95NO10. The predicted octanol–water partition coefficient (Wildman–Crippen LogP) is 9.34. The van der Waals surface area contributed by atoms with Gasteiger partial charge in [-0.05, 0) is 83.5 Å². The van der Waals surface area contributed by atoms with Gasteiger partial charge < -0.3 is 50.5 Å². The van der Waals surface area contributed by atoms with Crippen molar-refractivity contribution >= 4 is 5.91 Å². The molecule has 0 saturated carbocycles. The summed E-state index contributed by atoms with van der Waals surface area (Å²) in [5.41, 5.74) is 0. The van der Waals surface area contributed by atoms with Gasteiger partial charge in [0.15, 0.2) is 6.29 Å². The molecule has 63 heavy (non-hydrogen) atoms. The fourth-order valence-electron chi connectivity index (χ4n) is 7.83. The molecule has 1 aliphatic rings. The lowest BCUT2D eigenvalue weighted by atomic mass is 9.99. The number of allylic oxidation sites excluding steroid dienone is 8. The summed E-state index contributed by atoms with van der Waals surface area (Å²) >= 11 is 0. The van der Waals surface area contributed by atoms with Crippen LogP contribution in [0.3, 0.4) is 0 Å². The maximum atomic E-state index is 13.0. The number of aliphatic hydroxyl groups is 7. The summed E-state index contributed by atoms with van der Waals surface area (Å²) in [6.45, 7) is 3.34. The van der Waals surface area contributed by atoms with Crippen LogP contribution in [-0.2, 0) is 14.3 Å². The van der Waals surface area contributed by atoms with Gasteiger partial charge in [0.05, 0.1) is 25.4 Å². The highest BCUT2D eigenvalue weighted by Gasteiger charge is 2.44. The van der Waals surface area contributed by atoms with E-state index in [0.29, 0.717) is 19.3 Å². The molecule has 9 atom stereocenters. The van der Waals surface area contributed by atoms with Crippen molar-refractivity contribution in [2.24, 2.45) is 0 Å². The number of carbonyl (C=O) groups excluding carboxylic acids is 1. The molecule has 368 valence electrons. The number of aliphatic hydroxyl groups excluding tert-OH is 7. The van der Waals surface area contributed by atoms with E-state index in [9.17, 15) is 40.5 Å². The quantitative estimate of drug-likeness (QED) is 0.0217. The summed E-state index contributed by atoms with van der Waals surface area (Å²) in [6.07, 6.45) is 39.4. The second kappa shape index (κ2) is 41.5. The van der Waals surface area contributed by atoms with Crippen LogP contribution < -0.4 is 5.32 Å². The highest BCUT2D eigenvalue weighted by atomic mass is 16.7. The minimum atomic E-state index is -1.68. The molecule has 1 heterocycles. The van der Waals surface area contributed by atoms with Gasteiger partial charge in [0, 0.05) is 0 Å². The van der Waals surface area contributed by atoms with Gasteiger partial charge in [-0.3, -0.25) is 4.79 Å². The zero-order valence-electron chi connectivity index (χ0n) is 39.8. The molecule has 11 nitrogen and oxygen atoms in total. The van der Waals surface area contributed by atoms with Crippen LogP contribution in [0.5, 0.6) is 0 Å². The normalized spacial score (nSPS) is 21.6. The topological polar surface area (TPSA) is 189 Å². The highest BCUT2D eigenvalue weighted by Crippen LogP contribution is 2.23. The van der Waals surface area contributed by atoms with Crippen molar-refractivity contribution in [1.29, 1.82) is 0 Å². The first-order valence-electron chi connectivity index (χ1n) is 25.5. The van der Waals surface area contributed by atoms with Crippen molar-refractivity contribution in [3.05, 3.63) is 48.6 Å². The van der Waals surface area contributed by atoms with Crippen LogP contribution in [0.15, 0.2) is 48.6 Å². The van der Waals surface area contributed by atoms with Crippen molar-refractivity contribution in [1.82, 2.24) is 5.32 Å². The number of unbranched alkanes of at least 4 members (excludes halogenated alkanes) is 22. The second-order valence-corrected chi connectivity index (χ2v) is 17.9. The van der Waals surface area contributed by atoms with E-state index in [4.69, 9.17) is 9.47 Å². The first-order chi connectivity index (χ1) is 30.7. The Bertz CT molecular complexity index is 1160. The summed E-state index contributed by atoms with van der Waals surface area (Å²) in [5, 5.41) is 75.4. The number of nitrogens with one attached hydrogen (secondary N) is 1. The number of ether oxygens (including phenoxy) is 2. The van der Waals surface area contributed by atoms with E-state index in [1.807, 2.05) is 12.2 Å². The minimum Gasteiger partial charge on any atom is -0.394 e. The number of carbonyl (C=O) groups is 1. The smallest absolute Gasteiger partial charge is 0.249 e. The maximum Gasteiger partial charge on any atom is 0.249 e. The van der Waals surface area contributed by atoms with Crippen molar-refractivity contribution in [3.8, 4) is 0 Å². The Balaban J connectivity index is 2.32. The van der Waals surface area contributed by atoms with Crippen molar-refractivity contribution < 1.29 is 50.0 Å². The first kappa shape index (κ1) is 59.1. The average Bonchev–Trinajstić information content (AvgIpc) is 3.28. The average molecular weight is 894 g/mol. The van der Waals surface area contributed by atoms with Gasteiger partial charge in [-0.25, -0.2) is 0 Å². The van der Waals surface area contributed by atoms with Crippen LogP contribution in [0.1, 0.15) is 206 Å². The largest absolute Gasteiger partial charge is 0.394 e. The Labute approximate surface area is 383 Å². The molecule has 1 saturated heterocycles. The zero-order chi connectivity index (χ0) is 46.2. The van der Waals surface area contributed by atoms with Gasteiger partial charge in [0.2, 0.25) is 5.91 Å². The van der Waals surface area contributed by atoms with Crippen LogP contribution in [-0.4, -0.2) is 110 Å². The van der Waals surface area contributed by atoms with Crippen LogP contribution in [0.4, 0.5) is 0 Å². The molecule has 0 aromatic heterocycles. The second-order valence-electron chi connectivity index (χ2n) is 17.9. The summed E-state index contributed by atoms with van der Waals surface area (Å²) in [5.74, 6) is -0.751. The molecule has 0 aromatic carbocycles. The number of hydrogen-bond donors (Lipinski definition) is 8. The summed E-state index contributed by atoms with van der Waals surface area (Å²) in [6, 6.07) is -1.21. The van der Waals surface area contributed by atoms with E-state index < -0.39 is 74.2 Å². The third kappa shape index (κ3) is 30.8. The Morgan fingerprint density at radius 1 is 0.540 bits per heavy atom. The third-order valence-corrected chi connectivity index (χ3v) is 12.1. The fourth-order valence-corrected chi connectivity index (χ4v) is 7.83. The van der Waals surface area contributed by atoms with Crippen molar-refractivity contribution in [2.45, 2.75) is 262 Å². The SMILES string of the molecule is CCCCCC/C=C\CCC(O)C(=O)NC(COC1OC(CO)C(O)C(O)C1O)C(O)C(O)CCC/C=C/CC/C=C/CC/C=C/CCCCCCCCCCCCCCCCC. The van der Waals surface area contributed by atoms with E-state index in [-0.39, 0.29) is 12.8 Å². The van der Waals surface area contributed by atoms with E-state index in [2.05, 4.69) is 55.6 Å². The zero-order valence-corrected chi connectivity index (χ0v) is 39.8. The van der Waals surface area contributed by atoms with Crippen molar-refractivity contribution in [2.75, 3.05) is 13.2 Å². The predicted molar refractivity (Wildman–Crippen MR) is 256 cm³/mol. The minimum absolute atomic E-state index is 0.162. The third-order valence-electron chi connectivity index (χ3n) is 12.1. The Morgan fingerprint density at radius 2 is 0.952 bits per heavy atom. The molecule has 9 unspecified atom stereocenters. The Morgan fingerprint density at radius 3 is 1.43 bits per heavy atom. The number of rotatable bonds is 42. The molecule has 11 heteroatoms. The molecule has 1 amide bonds. The number of hydrogen-bond acceptors (Lipinski definition) is 10. The molecule has 1 aliphatic heterocycles. The monoisotopic (exact) mass is 894 g/mol. The van der Waals surface area contributed by atoms with E-state index in [1.54, 1.807) is 0 Å². The standard InChI is InChI=1S/C52H95NO10/c1-3-5-7-9-11-13-14-15-16-17-18-19-20-21-22-23-24-25-26-27-28-29-30-31-32-34-35-37-39-44(55)47(57)43(42-62-52-50(60)49(59)48(58)46(41-54)63-52)53-51(61)45(56)40-38-36-33-12-10-8-6-4-2/h24-25,28-29,32-34,36,43-50,52,54-60H,3-23,26-27,30-31,35,37-42H2,1-2H3,(H,53,61)/b25-24+,29-28+,34-32+,36-33-. The van der Waals surface area contributed by atoms with Gasteiger partial charge in [0.1, 0.15) is 36.6 Å². The molecule has 1 fully saturated rings. The molecule has 1 rings (SSSR count). The molecule has 0 spiro atoms. The molecule has 8 N–H and O–H groups in total. The van der Waals surface area contributed by atoms with Gasteiger partial charge >= 0.3 is 0 Å². The lowest BCUT2D eigenvalue weighted by Gasteiger charge is -2.40. The summed E-state index contributed by atoms with van der Waals surface area (Å²) in [7, 11) is 0. The van der Waals surface area contributed by atoms with E-state index in [0.717, 1.165) is 38.5 Å². The molecule has 0 aromatic rings. The summed E-state index contributed by atoms with van der Waals surface area (Å²) < 4.78 is 11.0. The lowest BCUT2D eigenvalue weighted by molar-refractivity contribution is -0.303. The molecule has 0 bridgehead atoms. The number of amides is 1. The molecule has 0 radical (unpaired) electrons. The van der Waals surface area contributed by atoms with Crippen LogP contribution in [0, 0.1) is 0 Å². The van der Waals surface area contributed by atoms with Gasteiger partial charge in [0.25, 0.3) is 0 Å². The Hall–Kier alpha value is -1.93. The first-order valence-corrected chi connectivity index (χ1v) is 25.5. The van der Waals surface area contributed by atoms with Crippen LogP contribution in [0.25, 0.3) is 0 Å². The maximum absolute atomic E-state index is 13.0. The Kier molecular flexibility index (Phi) is 38.9. The fraction of sp³-hybridized carbons (Fsp3) is 0.827.